The van der Waals surface area contributed by atoms with Gasteiger partial charge in [0.1, 0.15) is 23.0 Å². The van der Waals surface area contributed by atoms with Gasteiger partial charge in [0.15, 0.2) is 0 Å². The maximum Gasteiger partial charge on any atom is 0.139 e. The summed E-state index contributed by atoms with van der Waals surface area (Å²) in [5.41, 5.74) is 2.85. The van der Waals surface area contributed by atoms with Crippen LogP contribution >= 0.6 is 11.6 Å². The number of nitrogens with one attached hydrogen (secondary N) is 1. The Hall–Kier alpha value is -2.85. The Kier molecular flexibility index (Phi) is 4.12. The molecule has 0 saturated carbocycles. The summed E-state index contributed by atoms with van der Waals surface area (Å²) in [5.74, 6) is 0.409. The smallest absolute Gasteiger partial charge is 0.139 e. The van der Waals surface area contributed by atoms with Crippen LogP contribution in [0.5, 0.6) is 0 Å². The van der Waals surface area contributed by atoms with Gasteiger partial charge < -0.3 is 5.32 Å². The lowest BCUT2D eigenvalue weighted by Gasteiger charge is -2.09. The van der Waals surface area contributed by atoms with Crippen molar-refractivity contribution >= 4 is 23.1 Å². The third-order valence-electron chi connectivity index (χ3n) is 4.01. The molecule has 0 aliphatic rings. The highest BCUT2D eigenvalue weighted by atomic mass is 35.5. The van der Waals surface area contributed by atoms with Crippen molar-refractivity contribution in [2.24, 2.45) is 0 Å². The molecule has 0 radical (unpaired) electrons. The van der Waals surface area contributed by atoms with E-state index in [2.05, 4.69) is 10.3 Å². The Morgan fingerprint density at radius 1 is 0.960 bits per heavy atom. The first kappa shape index (κ1) is 15.7. The van der Waals surface area contributed by atoms with Gasteiger partial charge in [-0.25, -0.2) is 9.37 Å². The van der Waals surface area contributed by atoms with Crippen molar-refractivity contribution in [1.29, 1.82) is 0 Å². The van der Waals surface area contributed by atoms with E-state index in [0.717, 1.165) is 5.56 Å². The van der Waals surface area contributed by atoms with Gasteiger partial charge >= 0.3 is 0 Å². The number of anilines is 1. The Labute approximate surface area is 149 Å². The van der Waals surface area contributed by atoms with Crippen LogP contribution in [0.15, 0.2) is 72.9 Å². The van der Waals surface area contributed by atoms with Crippen LogP contribution in [0.2, 0.25) is 5.02 Å². The fourth-order valence-corrected chi connectivity index (χ4v) is 2.97. The maximum atomic E-state index is 14.3. The minimum Gasteiger partial charge on any atom is -0.365 e. The van der Waals surface area contributed by atoms with Gasteiger partial charge in [0.2, 0.25) is 0 Å². The van der Waals surface area contributed by atoms with Crippen LogP contribution in [0.1, 0.15) is 5.56 Å². The lowest BCUT2D eigenvalue weighted by Crippen LogP contribution is -2.03. The molecule has 0 spiro atoms. The van der Waals surface area contributed by atoms with Gasteiger partial charge in [-0.05, 0) is 29.8 Å². The lowest BCUT2D eigenvalue weighted by atomic mass is 10.1. The van der Waals surface area contributed by atoms with E-state index >= 15 is 0 Å². The molecule has 0 aliphatic carbocycles. The largest absolute Gasteiger partial charge is 0.365 e. The van der Waals surface area contributed by atoms with Crippen molar-refractivity contribution in [3.05, 3.63) is 89.3 Å². The summed E-state index contributed by atoms with van der Waals surface area (Å²) in [6.07, 6.45) is 1.78. The monoisotopic (exact) mass is 351 g/mol. The number of pyridine rings is 1. The average Bonchev–Trinajstić information content (AvgIpc) is 2.99. The van der Waals surface area contributed by atoms with Gasteiger partial charge in [0.25, 0.3) is 0 Å². The van der Waals surface area contributed by atoms with Gasteiger partial charge in [0, 0.05) is 18.3 Å². The summed E-state index contributed by atoms with van der Waals surface area (Å²) >= 11 is 6.14. The van der Waals surface area contributed by atoms with Gasteiger partial charge in [-0.1, -0.05) is 54.1 Å². The Bertz CT molecular complexity index is 1030. The molecule has 0 fully saturated rings. The van der Waals surface area contributed by atoms with E-state index in [1.807, 2.05) is 40.8 Å². The van der Waals surface area contributed by atoms with Crippen LogP contribution in [0, 0.1) is 5.82 Å². The molecule has 4 aromatic rings. The SMILES string of the molecule is Fc1ccccc1-c1nc2ccc(Cl)cn2c1NCc1ccccc1. The summed E-state index contributed by atoms with van der Waals surface area (Å²) < 4.78 is 16.2. The molecule has 0 saturated heterocycles. The number of rotatable bonds is 4. The average molecular weight is 352 g/mol. The van der Waals surface area contributed by atoms with E-state index in [1.54, 1.807) is 30.5 Å². The molecule has 0 unspecified atom stereocenters. The van der Waals surface area contributed by atoms with Crippen LogP contribution < -0.4 is 5.32 Å². The quantitative estimate of drug-likeness (QED) is 0.533. The molecular weight excluding hydrogens is 337 g/mol. The van der Waals surface area contributed by atoms with Gasteiger partial charge in [-0.15, -0.1) is 0 Å². The molecule has 5 heteroatoms. The zero-order chi connectivity index (χ0) is 17.2. The lowest BCUT2D eigenvalue weighted by molar-refractivity contribution is 0.631. The molecular formula is C20H15ClFN3. The number of hydrogen-bond donors (Lipinski definition) is 1. The molecule has 0 amide bonds. The molecule has 4 rings (SSSR count). The minimum atomic E-state index is -0.306. The van der Waals surface area contributed by atoms with E-state index in [4.69, 9.17) is 11.6 Å². The van der Waals surface area contributed by atoms with Crippen molar-refractivity contribution in [2.45, 2.75) is 6.54 Å². The fourth-order valence-electron chi connectivity index (χ4n) is 2.81. The van der Waals surface area contributed by atoms with Crippen LogP contribution in [0.25, 0.3) is 16.9 Å². The van der Waals surface area contributed by atoms with Gasteiger partial charge in [0.05, 0.1) is 5.02 Å². The predicted octanol–water partition coefficient (Wildman–Crippen LogP) is 5.41. The third-order valence-corrected chi connectivity index (χ3v) is 4.24. The molecule has 0 atom stereocenters. The summed E-state index contributed by atoms with van der Waals surface area (Å²) in [6.45, 7) is 0.600. The molecule has 3 nitrogen and oxygen atoms in total. The highest BCUT2D eigenvalue weighted by Gasteiger charge is 2.17. The first-order valence-electron chi connectivity index (χ1n) is 7.93. The van der Waals surface area contributed by atoms with Crippen LogP contribution in [-0.4, -0.2) is 9.38 Å². The van der Waals surface area contributed by atoms with E-state index in [0.29, 0.717) is 34.3 Å². The van der Waals surface area contributed by atoms with Crippen LogP contribution in [-0.2, 0) is 6.54 Å². The van der Waals surface area contributed by atoms with Crippen molar-refractivity contribution in [3.63, 3.8) is 0 Å². The molecule has 2 aromatic heterocycles. The van der Waals surface area contributed by atoms with Crippen LogP contribution in [0.4, 0.5) is 10.2 Å². The second-order valence-electron chi connectivity index (χ2n) is 5.70. The van der Waals surface area contributed by atoms with Gasteiger partial charge in [-0.2, -0.15) is 0 Å². The highest BCUT2D eigenvalue weighted by molar-refractivity contribution is 6.30. The number of nitrogens with zero attached hydrogens (tertiary/aromatic N) is 2. The Balaban J connectivity index is 1.83. The summed E-state index contributed by atoms with van der Waals surface area (Å²) in [7, 11) is 0. The van der Waals surface area contributed by atoms with E-state index in [9.17, 15) is 4.39 Å². The first-order chi connectivity index (χ1) is 12.2. The first-order valence-corrected chi connectivity index (χ1v) is 8.30. The van der Waals surface area contributed by atoms with Crippen molar-refractivity contribution in [3.8, 4) is 11.3 Å². The van der Waals surface area contributed by atoms with Crippen molar-refractivity contribution in [2.75, 3.05) is 5.32 Å². The summed E-state index contributed by atoms with van der Waals surface area (Å²) in [5, 5.41) is 3.97. The highest BCUT2D eigenvalue weighted by Crippen LogP contribution is 2.31. The number of fused-ring (bicyclic) bond motifs is 1. The number of imidazole rings is 1. The van der Waals surface area contributed by atoms with E-state index in [-0.39, 0.29) is 5.82 Å². The van der Waals surface area contributed by atoms with Crippen molar-refractivity contribution in [1.82, 2.24) is 9.38 Å². The zero-order valence-electron chi connectivity index (χ0n) is 13.3. The summed E-state index contributed by atoms with van der Waals surface area (Å²) in [6, 6.07) is 20.2. The Morgan fingerprint density at radius 2 is 1.72 bits per heavy atom. The standard InChI is InChI=1S/C20H15ClFN3/c21-15-10-11-18-24-19(16-8-4-5-9-17(16)22)20(25(18)13-15)23-12-14-6-2-1-3-7-14/h1-11,13,23H,12H2. The number of hydrogen-bond acceptors (Lipinski definition) is 2. The molecule has 2 aromatic carbocycles. The second-order valence-corrected chi connectivity index (χ2v) is 6.14. The maximum absolute atomic E-state index is 14.3. The van der Waals surface area contributed by atoms with Crippen LogP contribution in [0.3, 0.4) is 0 Å². The zero-order valence-corrected chi connectivity index (χ0v) is 14.0. The molecule has 0 bridgehead atoms. The summed E-state index contributed by atoms with van der Waals surface area (Å²) in [4.78, 5) is 4.60. The third kappa shape index (κ3) is 3.08. The molecule has 0 aliphatic heterocycles. The second kappa shape index (κ2) is 6.57. The molecule has 2 heterocycles. The van der Waals surface area contributed by atoms with Gasteiger partial charge in [-0.3, -0.25) is 4.40 Å². The Morgan fingerprint density at radius 3 is 2.52 bits per heavy atom. The fraction of sp³-hybridized carbons (Fsp3) is 0.0500. The molecule has 25 heavy (non-hydrogen) atoms. The predicted molar refractivity (Wildman–Crippen MR) is 99.4 cm³/mol. The topological polar surface area (TPSA) is 29.3 Å². The molecule has 1 N–H and O–H groups in total. The van der Waals surface area contributed by atoms with E-state index in [1.165, 1.54) is 6.07 Å². The number of benzene rings is 2. The minimum absolute atomic E-state index is 0.306. The van der Waals surface area contributed by atoms with Crippen molar-refractivity contribution < 1.29 is 4.39 Å². The number of halogens is 2. The number of aromatic nitrogens is 2. The molecule has 124 valence electrons. The van der Waals surface area contributed by atoms with E-state index < -0.39 is 0 Å². The normalized spacial score (nSPS) is 11.0.